The van der Waals surface area contributed by atoms with Gasteiger partial charge in [0, 0.05) is 17.5 Å². The van der Waals surface area contributed by atoms with Gasteiger partial charge in [0.2, 0.25) is 0 Å². The van der Waals surface area contributed by atoms with Gasteiger partial charge in [-0.05, 0) is 77.1 Å². The SMILES string of the molecule is CCC(=O)c1cccc(-c2cc(CCOCCOc3ccc(C(CC(C)C)C(C)(C)C)cc3)ccc2S(=O)(=O)O)c1. The average Bonchev–Trinajstić information content (AvgIpc) is 2.92. The topological polar surface area (TPSA) is 89.9 Å². The molecule has 0 aliphatic rings. The normalized spacial score (nSPS) is 12.9. The highest BCUT2D eigenvalue weighted by molar-refractivity contribution is 7.86. The summed E-state index contributed by atoms with van der Waals surface area (Å²) in [6.07, 6.45) is 2.03. The number of carbonyl (C=O) groups is 1. The van der Waals surface area contributed by atoms with Crippen molar-refractivity contribution >= 4 is 15.9 Å². The molecule has 6 nitrogen and oxygen atoms in total. The van der Waals surface area contributed by atoms with Gasteiger partial charge in [0.1, 0.15) is 17.3 Å². The van der Waals surface area contributed by atoms with E-state index >= 15 is 0 Å². The Labute approximate surface area is 245 Å². The predicted octanol–water partition coefficient (Wildman–Crippen LogP) is 8.01. The van der Waals surface area contributed by atoms with Gasteiger partial charge < -0.3 is 9.47 Å². The van der Waals surface area contributed by atoms with Crippen LogP contribution in [0.25, 0.3) is 11.1 Å². The van der Waals surface area contributed by atoms with Gasteiger partial charge in [-0.2, -0.15) is 8.42 Å². The summed E-state index contributed by atoms with van der Waals surface area (Å²) >= 11 is 0. The first-order valence-corrected chi connectivity index (χ1v) is 15.8. The third kappa shape index (κ3) is 9.52. The smallest absolute Gasteiger partial charge is 0.295 e. The maximum atomic E-state index is 12.2. The number of benzene rings is 3. The Morgan fingerprint density at radius 1 is 0.927 bits per heavy atom. The lowest BCUT2D eigenvalue weighted by Gasteiger charge is -2.32. The van der Waals surface area contributed by atoms with Crippen LogP contribution in [0.15, 0.2) is 71.6 Å². The lowest BCUT2D eigenvalue weighted by Crippen LogP contribution is -2.20. The largest absolute Gasteiger partial charge is 0.491 e. The summed E-state index contributed by atoms with van der Waals surface area (Å²) in [5.74, 6) is 1.88. The Hall–Kier alpha value is -3.00. The molecule has 0 radical (unpaired) electrons. The maximum Gasteiger partial charge on any atom is 0.295 e. The summed E-state index contributed by atoms with van der Waals surface area (Å²) in [7, 11) is -4.45. The third-order valence-corrected chi connectivity index (χ3v) is 8.12. The Kier molecular flexibility index (Phi) is 11.3. The van der Waals surface area contributed by atoms with E-state index in [0.717, 1.165) is 17.7 Å². The maximum absolute atomic E-state index is 12.2. The standard InChI is InChI=1S/C34H44O6S/c1-7-32(35)28-10-8-9-27(23-28)30-22-25(11-16-33(30)41(36,37)38)17-18-39-19-20-40-29-14-12-26(13-15-29)31(21-24(2)3)34(4,5)6/h8-16,22-24,31H,7,17-21H2,1-6H3,(H,36,37,38). The summed E-state index contributed by atoms with van der Waals surface area (Å²) in [5.41, 5.74) is 3.77. The van der Waals surface area contributed by atoms with Crippen molar-refractivity contribution in [2.45, 2.75) is 71.6 Å². The van der Waals surface area contributed by atoms with Gasteiger partial charge in [-0.15, -0.1) is 0 Å². The zero-order valence-corrected chi connectivity index (χ0v) is 26.0. The zero-order chi connectivity index (χ0) is 30.2. The minimum atomic E-state index is -4.45. The molecule has 0 aliphatic heterocycles. The molecular weight excluding hydrogens is 536 g/mol. The number of Topliss-reactive ketones (excluding diaryl/α,β-unsaturated/α-hetero) is 1. The Morgan fingerprint density at radius 3 is 2.24 bits per heavy atom. The molecule has 222 valence electrons. The fourth-order valence-electron chi connectivity index (χ4n) is 5.02. The van der Waals surface area contributed by atoms with E-state index in [2.05, 4.69) is 46.8 Å². The summed E-state index contributed by atoms with van der Waals surface area (Å²) in [6, 6.07) is 20.0. The molecule has 41 heavy (non-hydrogen) atoms. The van der Waals surface area contributed by atoms with Crippen LogP contribution < -0.4 is 4.74 Å². The number of ketones is 1. The van der Waals surface area contributed by atoms with Crippen LogP contribution in [0.1, 0.15) is 81.8 Å². The Balaban J connectivity index is 1.57. The summed E-state index contributed by atoms with van der Waals surface area (Å²) in [5, 5.41) is 0. The first kappa shape index (κ1) is 32.5. The van der Waals surface area contributed by atoms with Crippen molar-refractivity contribution < 1.29 is 27.2 Å². The molecule has 0 aromatic heterocycles. The van der Waals surface area contributed by atoms with E-state index in [1.807, 2.05) is 12.1 Å². The second-order valence-electron chi connectivity index (χ2n) is 12.0. The van der Waals surface area contributed by atoms with Crippen LogP contribution in [0.5, 0.6) is 5.75 Å². The van der Waals surface area contributed by atoms with Gasteiger partial charge in [0.15, 0.2) is 5.78 Å². The van der Waals surface area contributed by atoms with E-state index in [1.54, 1.807) is 43.3 Å². The minimum Gasteiger partial charge on any atom is -0.491 e. The molecule has 7 heteroatoms. The van der Waals surface area contributed by atoms with E-state index in [9.17, 15) is 17.8 Å². The van der Waals surface area contributed by atoms with Crippen LogP contribution in [0.2, 0.25) is 0 Å². The van der Waals surface area contributed by atoms with Crippen molar-refractivity contribution in [3.8, 4) is 16.9 Å². The van der Waals surface area contributed by atoms with Crippen LogP contribution >= 0.6 is 0 Å². The van der Waals surface area contributed by atoms with Crippen molar-refractivity contribution in [1.29, 1.82) is 0 Å². The molecule has 1 N–H and O–H groups in total. The molecule has 0 heterocycles. The summed E-state index contributed by atoms with van der Waals surface area (Å²) in [4.78, 5) is 12.0. The van der Waals surface area contributed by atoms with Gasteiger partial charge in [-0.1, -0.05) is 77.9 Å². The van der Waals surface area contributed by atoms with Gasteiger partial charge in [0.05, 0.1) is 13.2 Å². The van der Waals surface area contributed by atoms with Crippen molar-refractivity contribution in [2.24, 2.45) is 11.3 Å². The zero-order valence-electron chi connectivity index (χ0n) is 25.1. The van der Waals surface area contributed by atoms with Gasteiger partial charge in [0.25, 0.3) is 10.1 Å². The fraction of sp³-hybridized carbons (Fsp3) is 0.441. The first-order chi connectivity index (χ1) is 19.3. The first-order valence-electron chi connectivity index (χ1n) is 14.3. The molecule has 0 spiro atoms. The number of hydrogen-bond donors (Lipinski definition) is 1. The highest BCUT2D eigenvalue weighted by Gasteiger charge is 2.27. The van der Waals surface area contributed by atoms with Crippen LogP contribution in [0.4, 0.5) is 0 Å². The van der Waals surface area contributed by atoms with Crippen LogP contribution in [-0.4, -0.2) is 38.6 Å². The number of hydrogen-bond acceptors (Lipinski definition) is 5. The third-order valence-electron chi connectivity index (χ3n) is 7.20. The molecule has 1 atom stereocenters. The van der Waals surface area contributed by atoms with E-state index in [0.29, 0.717) is 61.2 Å². The predicted molar refractivity (Wildman–Crippen MR) is 164 cm³/mol. The Morgan fingerprint density at radius 2 is 1.63 bits per heavy atom. The Bertz CT molecular complexity index is 1400. The quantitative estimate of drug-likeness (QED) is 0.118. The van der Waals surface area contributed by atoms with Gasteiger partial charge in [-0.3, -0.25) is 9.35 Å². The molecule has 1 unspecified atom stereocenters. The summed E-state index contributed by atoms with van der Waals surface area (Å²) in [6.45, 7) is 14.4. The molecule has 3 rings (SSSR count). The highest BCUT2D eigenvalue weighted by atomic mass is 32.2. The minimum absolute atomic E-state index is 0.0387. The molecule has 0 aliphatic carbocycles. The van der Waals surface area contributed by atoms with Crippen molar-refractivity contribution in [2.75, 3.05) is 19.8 Å². The number of rotatable bonds is 14. The number of ether oxygens (including phenoxy) is 2. The molecule has 0 fully saturated rings. The van der Waals surface area contributed by atoms with Gasteiger partial charge >= 0.3 is 0 Å². The van der Waals surface area contributed by atoms with Crippen LogP contribution in [-0.2, 0) is 21.3 Å². The number of carbonyl (C=O) groups excluding carboxylic acids is 1. The average molecular weight is 581 g/mol. The van der Waals surface area contributed by atoms with Gasteiger partial charge in [-0.25, -0.2) is 0 Å². The van der Waals surface area contributed by atoms with Crippen LogP contribution in [0.3, 0.4) is 0 Å². The lowest BCUT2D eigenvalue weighted by molar-refractivity contribution is 0.0988. The molecule has 3 aromatic rings. The lowest BCUT2D eigenvalue weighted by atomic mass is 9.72. The summed E-state index contributed by atoms with van der Waals surface area (Å²) < 4.78 is 45.6. The monoisotopic (exact) mass is 580 g/mol. The second kappa shape index (κ2) is 14.3. The van der Waals surface area contributed by atoms with E-state index in [1.165, 1.54) is 11.6 Å². The molecule has 0 bridgehead atoms. The molecule has 0 saturated carbocycles. The second-order valence-corrected chi connectivity index (χ2v) is 13.4. The van der Waals surface area contributed by atoms with E-state index < -0.39 is 10.1 Å². The van der Waals surface area contributed by atoms with Crippen LogP contribution in [0, 0.1) is 11.3 Å². The van der Waals surface area contributed by atoms with Crippen molar-refractivity contribution in [3.63, 3.8) is 0 Å². The van der Waals surface area contributed by atoms with Crippen molar-refractivity contribution in [3.05, 3.63) is 83.4 Å². The van der Waals surface area contributed by atoms with E-state index in [-0.39, 0.29) is 16.1 Å². The molecule has 0 amide bonds. The molecule has 3 aromatic carbocycles. The molecular formula is C34H44O6S. The van der Waals surface area contributed by atoms with E-state index in [4.69, 9.17) is 9.47 Å². The fourth-order valence-corrected chi connectivity index (χ4v) is 5.71. The van der Waals surface area contributed by atoms with Crippen molar-refractivity contribution in [1.82, 2.24) is 0 Å². The molecule has 0 saturated heterocycles. The highest BCUT2D eigenvalue weighted by Crippen LogP contribution is 2.40.